The third kappa shape index (κ3) is 4.96. The van der Waals surface area contributed by atoms with Crippen molar-refractivity contribution in [2.75, 3.05) is 32.1 Å². The van der Waals surface area contributed by atoms with Crippen LogP contribution >= 0.6 is 11.8 Å². The smallest absolute Gasteiger partial charge is 0.326 e. The molecule has 1 saturated heterocycles. The number of ether oxygens (including phenoxy) is 1. The molecular formula is C18H20N2O4S. The minimum atomic E-state index is -0.595. The molecular weight excluding hydrogens is 340 g/mol. The van der Waals surface area contributed by atoms with Gasteiger partial charge in [-0.05, 0) is 42.5 Å². The van der Waals surface area contributed by atoms with E-state index < -0.39 is 17.1 Å². The van der Waals surface area contributed by atoms with Gasteiger partial charge in [0.25, 0.3) is 11.1 Å². The van der Waals surface area contributed by atoms with E-state index in [1.807, 2.05) is 49.3 Å². The Morgan fingerprint density at radius 2 is 1.92 bits per heavy atom. The highest BCUT2D eigenvalue weighted by Gasteiger charge is 2.36. The van der Waals surface area contributed by atoms with E-state index in [0.717, 1.165) is 27.9 Å². The molecule has 0 spiro atoms. The number of carbonyl (C=O) groups is 3. The lowest BCUT2D eigenvalue weighted by Gasteiger charge is -2.11. The third-order valence-corrected chi connectivity index (χ3v) is 4.34. The summed E-state index contributed by atoms with van der Waals surface area (Å²) in [6.07, 6.45) is 5.14. The molecule has 1 aromatic carbocycles. The molecule has 2 rings (SSSR count). The number of anilines is 1. The molecule has 0 unspecified atom stereocenters. The number of hydrogen-bond acceptors (Lipinski definition) is 6. The van der Waals surface area contributed by atoms with E-state index in [-0.39, 0.29) is 18.1 Å². The molecule has 1 aliphatic rings. The normalized spacial score (nSPS) is 16.1. The van der Waals surface area contributed by atoms with Crippen LogP contribution in [0.1, 0.15) is 12.5 Å². The fourth-order valence-corrected chi connectivity index (χ4v) is 2.91. The monoisotopic (exact) mass is 360 g/mol. The SMILES string of the molecule is CCOC(=O)CN1C(=O)S/C(=C\C=C\c2ccc(N(C)C)cc2)C1=O. The van der Waals surface area contributed by atoms with Gasteiger partial charge in [-0.3, -0.25) is 19.3 Å². The minimum absolute atomic E-state index is 0.209. The Kier molecular flexibility index (Phi) is 6.41. The molecule has 0 aromatic heterocycles. The van der Waals surface area contributed by atoms with Crippen molar-refractivity contribution in [1.29, 1.82) is 0 Å². The van der Waals surface area contributed by atoms with Crippen LogP contribution in [0.5, 0.6) is 0 Å². The average Bonchev–Trinajstić information content (AvgIpc) is 2.83. The van der Waals surface area contributed by atoms with Crippen molar-refractivity contribution < 1.29 is 19.1 Å². The number of rotatable bonds is 6. The average molecular weight is 360 g/mol. The summed E-state index contributed by atoms with van der Waals surface area (Å²) < 4.78 is 4.77. The van der Waals surface area contributed by atoms with Crippen LogP contribution in [-0.2, 0) is 14.3 Å². The molecule has 1 heterocycles. The summed E-state index contributed by atoms with van der Waals surface area (Å²) in [5.41, 5.74) is 2.07. The molecule has 0 aliphatic carbocycles. The fourth-order valence-electron chi connectivity index (χ4n) is 2.12. The number of nitrogens with zero attached hydrogens (tertiary/aromatic N) is 2. The first-order valence-electron chi connectivity index (χ1n) is 7.77. The Bertz CT molecular complexity index is 723. The first kappa shape index (κ1) is 18.8. The highest BCUT2D eigenvalue weighted by molar-refractivity contribution is 8.18. The van der Waals surface area contributed by atoms with Crippen molar-refractivity contribution in [3.05, 3.63) is 46.9 Å². The molecule has 2 amide bonds. The molecule has 132 valence electrons. The van der Waals surface area contributed by atoms with Gasteiger partial charge < -0.3 is 9.64 Å². The molecule has 25 heavy (non-hydrogen) atoms. The fraction of sp³-hybridized carbons (Fsp3) is 0.278. The van der Waals surface area contributed by atoms with Crippen molar-refractivity contribution >= 4 is 40.6 Å². The van der Waals surface area contributed by atoms with Gasteiger partial charge in [0.05, 0.1) is 11.5 Å². The van der Waals surface area contributed by atoms with E-state index in [2.05, 4.69) is 0 Å². The first-order valence-corrected chi connectivity index (χ1v) is 8.59. The molecule has 0 N–H and O–H groups in total. The van der Waals surface area contributed by atoms with E-state index in [1.54, 1.807) is 19.1 Å². The molecule has 0 bridgehead atoms. The number of esters is 1. The standard InChI is InChI=1S/C18H20N2O4S/c1-4-24-16(21)12-20-17(22)15(25-18(20)23)7-5-6-13-8-10-14(11-9-13)19(2)3/h5-11H,4,12H2,1-3H3/b6-5+,15-7-. The maximum absolute atomic E-state index is 12.2. The maximum atomic E-state index is 12.2. The predicted molar refractivity (Wildman–Crippen MR) is 99.2 cm³/mol. The minimum Gasteiger partial charge on any atom is -0.465 e. The number of amides is 2. The number of thioether (sulfide) groups is 1. The quantitative estimate of drug-likeness (QED) is 0.574. The molecule has 7 heteroatoms. The summed E-state index contributed by atoms with van der Waals surface area (Å²) in [6.45, 7) is 1.52. The summed E-state index contributed by atoms with van der Waals surface area (Å²) in [5, 5.41) is -0.465. The van der Waals surface area contributed by atoms with E-state index in [0.29, 0.717) is 0 Å². The van der Waals surface area contributed by atoms with Crippen LogP contribution in [0.2, 0.25) is 0 Å². The highest BCUT2D eigenvalue weighted by Crippen LogP contribution is 2.30. The van der Waals surface area contributed by atoms with E-state index in [4.69, 9.17) is 4.74 Å². The first-order chi connectivity index (χ1) is 11.9. The lowest BCUT2D eigenvalue weighted by molar-refractivity contribution is -0.146. The maximum Gasteiger partial charge on any atom is 0.326 e. The molecule has 0 saturated carbocycles. The van der Waals surface area contributed by atoms with Crippen LogP contribution in [0.25, 0.3) is 6.08 Å². The van der Waals surface area contributed by atoms with Gasteiger partial charge in [-0.15, -0.1) is 0 Å². The van der Waals surface area contributed by atoms with Crippen molar-refractivity contribution in [3.8, 4) is 0 Å². The number of imide groups is 1. The largest absolute Gasteiger partial charge is 0.465 e. The summed E-state index contributed by atoms with van der Waals surface area (Å²) in [5.74, 6) is -1.07. The Morgan fingerprint density at radius 1 is 1.24 bits per heavy atom. The van der Waals surface area contributed by atoms with Crippen molar-refractivity contribution in [3.63, 3.8) is 0 Å². The summed E-state index contributed by atoms with van der Waals surface area (Å²) in [4.78, 5) is 38.7. The summed E-state index contributed by atoms with van der Waals surface area (Å²) in [7, 11) is 3.94. The van der Waals surface area contributed by atoms with Gasteiger partial charge in [-0.2, -0.15) is 0 Å². The van der Waals surface area contributed by atoms with Gasteiger partial charge in [0.1, 0.15) is 6.54 Å². The molecule has 6 nitrogen and oxygen atoms in total. The van der Waals surface area contributed by atoms with Crippen LogP contribution in [0.4, 0.5) is 10.5 Å². The van der Waals surface area contributed by atoms with E-state index in [9.17, 15) is 14.4 Å². The molecule has 0 radical (unpaired) electrons. The molecule has 1 aliphatic heterocycles. The van der Waals surface area contributed by atoms with Gasteiger partial charge in [-0.1, -0.05) is 24.3 Å². The highest BCUT2D eigenvalue weighted by atomic mass is 32.2. The second-order valence-corrected chi connectivity index (χ2v) is 6.43. The zero-order chi connectivity index (χ0) is 18.4. The Morgan fingerprint density at radius 3 is 2.52 bits per heavy atom. The second kappa shape index (κ2) is 8.53. The van der Waals surface area contributed by atoms with Crippen LogP contribution in [0.15, 0.2) is 41.3 Å². The van der Waals surface area contributed by atoms with Crippen molar-refractivity contribution in [2.45, 2.75) is 6.92 Å². The molecule has 1 fully saturated rings. The number of benzene rings is 1. The number of hydrogen-bond donors (Lipinski definition) is 0. The molecule has 0 atom stereocenters. The van der Waals surface area contributed by atoms with Gasteiger partial charge in [0.2, 0.25) is 0 Å². The Labute approximate surface area is 151 Å². The van der Waals surface area contributed by atoms with Gasteiger partial charge in [0.15, 0.2) is 0 Å². The zero-order valence-electron chi connectivity index (χ0n) is 14.4. The van der Waals surface area contributed by atoms with E-state index in [1.165, 1.54) is 0 Å². The topological polar surface area (TPSA) is 66.9 Å². The number of allylic oxidation sites excluding steroid dienone is 2. The zero-order valence-corrected chi connectivity index (χ0v) is 15.2. The Balaban J connectivity index is 2.02. The van der Waals surface area contributed by atoms with E-state index >= 15 is 0 Å². The third-order valence-electron chi connectivity index (χ3n) is 3.41. The van der Waals surface area contributed by atoms with Crippen molar-refractivity contribution in [2.24, 2.45) is 0 Å². The summed E-state index contributed by atoms with van der Waals surface area (Å²) >= 11 is 0.816. The number of carbonyl (C=O) groups excluding carboxylic acids is 3. The Hall–Kier alpha value is -2.54. The lowest BCUT2D eigenvalue weighted by Crippen LogP contribution is -2.34. The predicted octanol–water partition coefficient (Wildman–Crippen LogP) is 2.91. The van der Waals surface area contributed by atoms with Gasteiger partial charge in [0, 0.05) is 19.8 Å². The van der Waals surface area contributed by atoms with Crippen molar-refractivity contribution in [1.82, 2.24) is 4.90 Å². The summed E-state index contributed by atoms with van der Waals surface area (Å²) in [6, 6.07) is 7.91. The van der Waals surface area contributed by atoms with Gasteiger partial charge in [-0.25, -0.2) is 0 Å². The van der Waals surface area contributed by atoms with Crippen LogP contribution in [-0.4, -0.2) is 49.3 Å². The second-order valence-electron chi connectivity index (χ2n) is 5.44. The lowest BCUT2D eigenvalue weighted by atomic mass is 10.2. The van der Waals surface area contributed by atoms with Crippen LogP contribution < -0.4 is 4.90 Å². The van der Waals surface area contributed by atoms with Crippen LogP contribution in [0.3, 0.4) is 0 Å². The van der Waals surface area contributed by atoms with Gasteiger partial charge >= 0.3 is 5.97 Å². The molecule has 1 aromatic rings. The van der Waals surface area contributed by atoms with Crippen LogP contribution in [0, 0.1) is 0 Å².